The molecule has 114 valence electrons. The lowest BCUT2D eigenvalue weighted by molar-refractivity contribution is 0.104. The van der Waals surface area contributed by atoms with Gasteiger partial charge in [-0.05, 0) is 30.5 Å². The molecule has 0 saturated heterocycles. The van der Waals surface area contributed by atoms with Gasteiger partial charge in [0, 0.05) is 12.6 Å². The SMILES string of the molecule is CCOCC(NC(c1ccccc1)c1ccco1)C(C)C. The van der Waals surface area contributed by atoms with Crippen LogP contribution in [-0.4, -0.2) is 19.3 Å². The molecule has 3 heteroatoms. The quantitative estimate of drug-likeness (QED) is 0.796. The van der Waals surface area contributed by atoms with Crippen LogP contribution < -0.4 is 5.32 Å². The second-order valence-electron chi connectivity index (χ2n) is 5.54. The van der Waals surface area contributed by atoms with E-state index in [4.69, 9.17) is 9.15 Å². The lowest BCUT2D eigenvalue weighted by Crippen LogP contribution is -2.40. The molecule has 0 spiro atoms. The number of furan rings is 1. The standard InChI is InChI=1S/C18H25NO2/c1-4-20-13-16(14(2)3)19-18(17-11-8-12-21-17)15-9-6-5-7-10-15/h5-12,14,16,18-19H,4,13H2,1-3H3. The number of hydrogen-bond donors (Lipinski definition) is 1. The zero-order valence-corrected chi connectivity index (χ0v) is 13.1. The summed E-state index contributed by atoms with van der Waals surface area (Å²) in [4.78, 5) is 0. The number of benzene rings is 1. The fraction of sp³-hybridized carbons (Fsp3) is 0.444. The van der Waals surface area contributed by atoms with Gasteiger partial charge in [-0.2, -0.15) is 0 Å². The van der Waals surface area contributed by atoms with Crippen molar-refractivity contribution in [2.75, 3.05) is 13.2 Å². The van der Waals surface area contributed by atoms with Crippen molar-refractivity contribution in [3.8, 4) is 0 Å². The normalized spacial score (nSPS) is 14.3. The highest BCUT2D eigenvalue weighted by molar-refractivity contribution is 5.26. The van der Waals surface area contributed by atoms with Crippen LogP contribution in [0.15, 0.2) is 53.1 Å². The van der Waals surface area contributed by atoms with Crippen LogP contribution in [0.1, 0.15) is 38.1 Å². The zero-order valence-electron chi connectivity index (χ0n) is 13.1. The van der Waals surface area contributed by atoms with Crippen molar-refractivity contribution in [1.29, 1.82) is 0 Å². The van der Waals surface area contributed by atoms with Crippen molar-refractivity contribution >= 4 is 0 Å². The van der Waals surface area contributed by atoms with Gasteiger partial charge >= 0.3 is 0 Å². The Morgan fingerprint density at radius 1 is 1.10 bits per heavy atom. The Labute approximate surface area is 127 Å². The molecule has 0 fully saturated rings. The second kappa shape index (κ2) is 8.01. The Hall–Kier alpha value is -1.58. The fourth-order valence-electron chi connectivity index (χ4n) is 2.34. The molecule has 2 unspecified atom stereocenters. The lowest BCUT2D eigenvalue weighted by Gasteiger charge is -2.27. The summed E-state index contributed by atoms with van der Waals surface area (Å²) in [6, 6.07) is 14.7. The summed E-state index contributed by atoms with van der Waals surface area (Å²) < 4.78 is 11.2. The summed E-state index contributed by atoms with van der Waals surface area (Å²) in [5.41, 5.74) is 1.20. The van der Waals surface area contributed by atoms with Gasteiger partial charge in [-0.1, -0.05) is 44.2 Å². The van der Waals surface area contributed by atoms with E-state index in [2.05, 4.69) is 43.4 Å². The molecular formula is C18H25NO2. The predicted molar refractivity (Wildman–Crippen MR) is 85.2 cm³/mol. The average Bonchev–Trinajstić information content (AvgIpc) is 3.02. The summed E-state index contributed by atoms with van der Waals surface area (Å²) in [5, 5.41) is 3.69. The number of nitrogens with one attached hydrogen (secondary N) is 1. The van der Waals surface area contributed by atoms with Crippen LogP contribution in [0.4, 0.5) is 0 Å². The summed E-state index contributed by atoms with van der Waals surface area (Å²) in [7, 11) is 0. The van der Waals surface area contributed by atoms with Gasteiger partial charge in [-0.15, -0.1) is 0 Å². The highest BCUT2D eigenvalue weighted by Crippen LogP contribution is 2.24. The number of hydrogen-bond acceptors (Lipinski definition) is 3. The lowest BCUT2D eigenvalue weighted by atomic mass is 9.99. The molecular weight excluding hydrogens is 262 g/mol. The van der Waals surface area contributed by atoms with Crippen LogP contribution in [0.3, 0.4) is 0 Å². The van der Waals surface area contributed by atoms with E-state index >= 15 is 0 Å². The summed E-state index contributed by atoms with van der Waals surface area (Å²) in [6.07, 6.45) is 1.72. The van der Waals surface area contributed by atoms with Crippen molar-refractivity contribution < 1.29 is 9.15 Å². The second-order valence-corrected chi connectivity index (χ2v) is 5.54. The van der Waals surface area contributed by atoms with Crippen LogP contribution in [0.25, 0.3) is 0 Å². The first-order valence-corrected chi connectivity index (χ1v) is 7.64. The molecule has 0 aliphatic rings. The van der Waals surface area contributed by atoms with Crippen molar-refractivity contribution in [2.24, 2.45) is 5.92 Å². The Bertz CT molecular complexity index is 493. The minimum atomic E-state index is 0.0501. The molecule has 1 N–H and O–H groups in total. The molecule has 0 aliphatic carbocycles. The van der Waals surface area contributed by atoms with E-state index in [0.717, 1.165) is 12.4 Å². The minimum absolute atomic E-state index is 0.0501. The third-order valence-corrected chi connectivity index (χ3v) is 3.65. The van der Waals surface area contributed by atoms with Gasteiger partial charge in [-0.3, -0.25) is 5.32 Å². The van der Waals surface area contributed by atoms with Gasteiger partial charge in [0.2, 0.25) is 0 Å². The summed E-state index contributed by atoms with van der Waals surface area (Å²) in [5.74, 6) is 1.42. The highest BCUT2D eigenvalue weighted by Gasteiger charge is 2.22. The molecule has 1 aromatic carbocycles. The molecule has 0 amide bonds. The van der Waals surface area contributed by atoms with E-state index in [0.29, 0.717) is 12.5 Å². The Balaban J connectivity index is 2.19. The summed E-state index contributed by atoms with van der Waals surface area (Å²) in [6.45, 7) is 7.89. The van der Waals surface area contributed by atoms with E-state index in [1.807, 2.05) is 25.1 Å². The maximum atomic E-state index is 5.63. The predicted octanol–water partition coefficient (Wildman–Crippen LogP) is 4.02. The molecule has 0 saturated carbocycles. The zero-order chi connectivity index (χ0) is 15.1. The van der Waals surface area contributed by atoms with E-state index in [-0.39, 0.29) is 12.1 Å². The van der Waals surface area contributed by atoms with Gasteiger partial charge in [0.05, 0.1) is 18.9 Å². The fourth-order valence-corrected chi connectivity index (χ4v) is 2.34. The van der Waals surface area contributed by atoms with Crippen LogP contribution in [-0.2, 0) is 4.74 Å². The Kier molecular flexibility index (Phi) is 6.03. The molecule has 2 atom stereocenters. The van der Waals surface area contributed by atoms with Gasteiger partial charge in [0.15, 0.2) is 0 Å². The molecule has 1 heterocycles. The first-order chi connectivity index (χ1) is 10.2. The number of rotatable bonds is 8. The first kappa shape index (κ1) is 15.8. The van der Waals surface area contributed by atoms with Crippen molar-refractivity contribution in [1.82, 2.24) is 5.32 Å². The van der Waals surface area contributed by atoms with Gasteiger partial charge in [-0.25, -0.2) is 0 Å². The topological polar surface area (TPSA) is 34.4 Å². The third kappa shape index (κ3) is 4.45. The molecule has 1 aromatic heterocycles. The van der Waals surface area contributed by atoms with Crippen molar-refractivity contribution in [2.45, 2.75) is 32.9 Å². The first-order valence-electron chi connectivity index (χ1n) is 7.64. The van der Waals surface area contributed by atoms with Crippen LogP contribution >= 0.6 is 0 Å². The average molecular weight is 287 g/mol. The molecule has 2 aromatic rings. The van der Waals surface area contributed by atoms with Crippen molar-refractivity contribution in [3.63, 3.8) is 0 Å². The molecule has 0 radical (unpaired) electrons. The van der Waals surface area contributed by atoms with E-state index in [9.17, 15) is 0 Å². The molecule has 0 bridgehead atoms. The summed E-state index contributed by atoms with van der Waals surface area (Å²) >= 11 is 0. The van der Waals surface area contributed by atoms with E-state index in [1.54, 1.807) is 6.26 Å². The number of ether oxygens (including phenoxy) is 1. The van der Waals surface area contributed by atoms with E-state index < -0.39 is 0 Å². The van der Waals surface area contributed by atoms with E-state index in [1.165, 1.54) is 5.56 Å². The van der Waals surface area contributed by atoms with Crippen LogP contribution in [0, 0.1) is 5.92 Å². The van der Waals surface area contributed by atoms with Crippen molar-refractivity contribution in [3.05, 3.63) is 60.1 Å². The van der Waals surface area contributed by atoms with Crippen LogP contribution in [0.2, 0.25) is 0 Å². The molecule has 0 aliphatic heterocycles. The maximum Gasteiger partial charge on any atom is 0.125 e. The Morgan fingerprint density at radius 2 is 1.86 bits per heavy atom. The minimum Gasteiger partial charge on any atom is -0.467 e. The smallest absolute Gasteiger partial charge is 0.125 e. The molecule has 21 heavy (non-hydrogen) atoms. The van der Waals surface area contributed by atoms with Crippen LogP contribution in [0.5, 0.6) is 0 Å². The largest absolute Gasteiger partial charge is 0.467 e. The van der Waals surface area contributed by atoms with Gasteiger partial charge < -0.3 is 9.15 Å². The van der Waals surface area contributed by atoms with Gasteiger partial charge in [0.1, 0.15) is 5.76 Å². The highest BCUT2D eigenvalue weighted by atomic mass is 16.5. The maximum absolute atomic E-state index is 5.63. The molecule has 2 rings (SSSR count). The molecule has 3 nitrogen and oxygen atoms in total. The van der Waals surface area contributed by atoms with Gasteiger partial charge in [0.25, 0.3) is 0 Å². The Morgan fingerprint density at radius 3 is 2.43 bits per heavy atom. The monoisotopic (exact) mass is 287 g/mol. The third-order valence-electron chi connectivity index (χ3n) is 3.65.